The number of carbonyl (C=O) groups excluding carboxylic acids is 1. The van der Waals surface area contributed by atoms with Crippen LogP contribution in [0.1, 0.15) is 24.6 Å². The molecule has 3 rings (SSSR count). The zero-order chi connectivity index (χ0) is 16.3. The molecule has 4 nitrogen and oxygen atoms in total. The predicted octanol–water partition coefficient (Wildman–Crippen LogP) is 3.02. The maximum Gasteiger partial charge on any atom is 0.240 e. The number of aromatic nitrogens is 1. The van der Waals surface area contributed by atoms with Crippen LogP contribution in [0.4, 0.5) is 0 Å². The van der Waals surface area contributed by atoms with Gasteiger partial charge in [-0.1, -0.05) is 35.9 Å². The van der Waals surface area contributed by atoms with E-state index < -0.39 is 5.54 Å². The van der Waals surface area contributed by atoms with E-state index in [4.69, 9.17) is 11.6 Å². The second-order valence-corrected chi connectivity index (χ2v) is 6.45. The molecular weight excluding hydrogens is 310 g/mol. The highest BCUT2D eigenvalue weighted by Gasteiger charge is 2.46. The van der Waals surface area contributed by atoms with Crippen LogP contribution in [0, 0.1) is 0 Å². The molecule has 120 valence electrons. The number of carbonyl (C=O) groups is 1. The molecule has 1 fully saturated rings. The van der Waals surface area contributed by atoms with Crippen molar-refractivity contribution in [2.45, 2.75) is 32.0 Å². The van der Waals surface area contributed by atoms with E-state index in [9.17, 15) is 4.79 Å². The lowest BCUT2D eigenvalue weighted by Gasteiger charge is -2.49. The Labute approximate surface area is 141 Å². The maximum absolute atomic E-state index is 12.6. The van der Waals surface area contributed by atoms with Crippen molar-refractivity contribution in [3.8, 4) is 0 Å². The summed E-state index contributed by atoms with van der Waals surface area (Å²) in [4.78, 5) is 19.0. The Hall–Kier alpha value is -1.91. The first-order valence-electron chi connectivity index (χ1n) is 7.76. The zero-order valence-corrected chi connectivity index (χ0v) is 13.9. The molecule has 1 unspecified atom stereocenters. The molecular formula is C18H20ClN3O. The summed E-state index contributed by atoms with van der Waals surface area (Å²) in [6.45, 7) is 4.03. The highest BCUT2D eigenvalue weighted by molar-refractivity contribution is 6.31. The molecule has 1 atom stereocenters. The van der Waals surface area contributed by atoms with Crippen LogP contribution in [-0.2, 0) is 17.9 Å². The average Bonchev–Trinajstić information content (AvgIpc) is 2.58. The van der Waals surface area contributed by atoms with E-state index in [2.05, 4.69) is 15.2 Å². The number of hydrogen-bond donors (Lipinski definition) is 1. The van der Waals surface area contributed by atoms with Gasteiger partial charge in [-0.3, -0.25) is 14.7 Å². The summed E-state index contributed by atoms with van der Waals surface area (Å²) < 4.78 is 0. The van der Waals surface area contributed by atoms with Gasteiger partial charge in [-0.25, -0.2) is 0 Å². The second-order valence-electron chi connectivity index (χ2n) is 6.04. The standard InChI is InChI=1S/C18H20ClN3O/c1-18(17(23)21-12-15-7-4-5-10-20-15)9-11-22(18)13-14-6-2-3-8-16(14)19/h2-8,10H,9,11-13H2,1H3,(H,21,23). The largest absolute Gasteiger partial charge is 0.349 e. The highest BCUT2D eigenvalue weighted by atomic mass is 35.5. The lowest BCUT2D eigenvalue weighted by Crippen LogP contribution is -2.65. The van der Waals surface area contributed by atoms with Gasteiger partial charge in [0.05, 0.1) is 17.8 Å². The van der Waals surface area contributed by atoms with Crippen molar-refractivity contribution in [1.29, 1.82) is 0 Å². The Kier molecular flexibility index (Phi) is 4.64. The number of benzene rings is 1. The van der Waals surface area contributed by atoms with Crippen molar-refractivity contribution < 1.29 is 4.79 Å². The van der Waals surface area contributed by atoms with Crippen LogP contribution in [0.2, 0.25) is 5.02 Å². The molecule has 23 heavy (non-hydrogen) atoms. The minimum absolute atomic E-state index is 0.0430. The van der Waals surface area contributed by atoms with Gasteiger partial charge in [0.15, 0.2) is 0 Å². The molecule has 2 heterocycles. The van der Waals surface area contributed by atoms with Crippen molar-refractivity contribution in [3.63, 3.8) is 0 Å². The third kappa shape index (κ3) is 3.38. The van der Waals surface area contributed by atoms with Gasteiger partial charge in [0.2, 0.25) is 5.91 Å². The van der Waals surface area contributed by atoms with Crippen LogP contribution in [0.25, 0.3) is 0 Å². The molecule has 1 aromatic carbocycles. The monoisotopic (exact) mass is 329 g/mol. The van der Waals surface area contributed by atoms with E-state index in [1.807, 2.05) is 49.4 Å². The number of halogens is 1. The van der Waals surface area contributed by atoms with Crippen LogP contribution in [-0.4, -0.2) is 27.9 Å². The molecule has 1 amide bonds. The number of likely N-dealkylation sites (tertiary alicyclic amines) is 1. The first-order chi connectivity index (χ1) is 11.1. The molecule has 5 heteroatoms. The van der Waals surface area contributed by atoms with Crippen molar-refractivity contribution in [2.75, 3.05) is 6.54 Å². The van der Waals surface area contributed by atoms with Gasteiger partial charge in [0, 0.05) is 24.3 Å². The molecule has 2 aromatic rings. The van der Waals surface area contributed by atoms with E-state index in [0.717, 1.165) is 29.2 Å². The highest BCUT2D eigenvalue weighted by Crippen LogP contribution is 2.33. The van der Waals surface area contributed by atoms with Crippen molar-refractivity contribution in [1.82, 2.24) is 15.2 Å². The Morgan fingerprint density at radius 2 is 2.09 bits per heavy atom. The van der Waals surface area contributed by atoms with E-state index in [1.165, 1.54) is 0 Å². The minimum atomic E-state index is -0.478. The quantitative estimate of drug-likeness (QED) is 0.917. The molecule has 0 saturated carbocycles. The number of hydrogen-bond acceptors (Lipinski definition) is 3. The van der Waals surface area contributed by atoms with E-state index in [0.29, 0.717) is 13.1 Å². The molecule has 1 N–H and O–H groups in total. The summed E-state index contributed by atoms with van der Waals surface area (Å²) in [6, 6.07) is 13.5. The van der Waals surface area contributed by atoms with Gasteiger partial charge in [0.1, 0.15) is 0 Å². The number of rotatable bonds is 5. The van der Waals surface area contributed by atoms with Crippen LogP contribution < -0.4 is 5.32 Å². The molecule has 0 radical (unpaired) electrons. The first-order valence-corrected chi connectivity index (χ1v) is 8.14. The molecule has 1 aliphatic rings. The third-order valence-corrected chi connectivity index (χ3v) is 4.90. The van der Waals surface area contributed by atoms with Gasteiger partial charge in [-0.2, -0.15) is 0 Å². The number of pyridine rings is 1. The van der Waals surface area contributed by atoms with Gasteiger partial charge >= 0.3 is 0 Å². The molecule has 0 aliphatic carbocycles. The number of nitrogens with zero attached hydrogens (tertiary/aromatic N) is 2. The lowest BCUT2D eigenvalue weighted by molar-refractivity contribution is -0.142. The van der Waals surface area contributed by atoms with Gasteiger partial charge in [-0.05, 0) is 37.1 Å². The topological polar surface area (TPSA) is 45.2 Å². The van der Waals surface area contributed by atoms with Gasteiger partial charge in [-0.15, -0.1) is 0 Å². The smallest absolute Gasteiger partial charge is 0.240 e. The number of nitrogens with one attached hydrogen (secondary N) is 1. The molecule has 1 aliphatic heterocycles. The summed E-state index contributed by atoms with van der Waals surface area (Å²) in [7, 11) is 0. The van der Waals surface area contributed by atoms with Gasteiger partial charge < -0.3 is 5.32 Å². The normalized spacial score (nSPS) is 20.8. The minimum Gasteiger partial charge on any atom is -0.349 e. The average molecular weight is 330 g/mol. The third-order valence-electron chi connectivity index (χ3n) is 4.53. The summed E-state index contributed by atoms with van der Waals surface area (Å²) in [5.41, 5.74) is 1.44. The van der Waals surface area contributed by atoms with Crippen molar-refractivity contribution >= 4 is 17.5 Å². The fourth-order valence-electron chi connectivity index (χ4n) is 2.81. The van der Waals surface area contributed by atoms with Crippen molar-refractivity contribution in [2.24, 2.45) is 0 Å². The van der Waals surface area contributed by atoms with E-state index >= 15 is 0 Å². The van der Waals surface area contributed by atoms with Crippen LogP contribution >= 0.6 is 11.6 Å². The summed E-state index contributed by atoms with van der Waals surface area (Å²) in [6.07, 6.45) is 2.59. The maximum atomic E-state index is 12.6. The molecule has 0 bridgehead atoms. The van der Waals surface area contributed by atoms with Crippen molar-refractivity contribution in [3.05, 3.63) is 64.9 Å². The Morgan fingerprint density at radius 1 is 1.30 bits per heavy atom. The zero-order valence-electron chi connectivity index (χ0n) is 13.1. The SMILES string of the molecule is CC1(C(=O)NCc2ccccn2)CCN1Cc1ccccc1Cl. The predicted molar refractivity (Wildman–Crippen MR) is 91.0 cm³/mol. The Bertz CT molecular complexity index is 692. The van der Waals surface area contributed by atoms with Crippen LogP contribution in [0.3, 0.4) is 0 Å². The van der Waals surface area contributed by atoms with Crippen LogP contribution in [0.5, 0.6) is 0 Å². The Morgan fingerprint density at radius 3 is 2.74 bits per heavy atom. The fourth-order valence-corrected chi connectivity index (χ4v) is 3.01. The summed E-state index contributed by atoms with van der Waals surface area (Å²) in [5.74, 6) is 0.0430. The summed E-state index contributed by atoms with van der Waals surface area (Å²) >= 11 is 6.23. The first kappa shape index (κ1) is 16.0. The van der Waals surface area contributed by atoms with E-state index in [-0.39, 0.29) is 5.91 Å². The molecule has 0 spiro atoms. The summed E-state index contributed by atoms with van der Waals surface area (Å²) in [5, 5.41) is 3.74. The number of amides is 1. The fraction of sp³-hybridized carbons (Fsp3) is 0.333. The molecule has 1 saturated heterocycles. The Balaban J connectivity index is 1.62. The van der Waals surface area contributed by atoms with Gasteiger partial charge in [0.25, 0.3) is 0 Å². The second kappa shape index (κ2) is 6.69. The lowest BCUT2D eigenvalue weighted by atomic mass is 9.85. The van der Waals surface area contributed by atoms with Crippen LogP contribution in [0.15, 0.2) is 48.7 Å². The molecule has 1 aromatic heterocycles. The van der Waals surface area contributed by atoms with E-state index in [1.54, 1.807) is 6.20 Å².